The van der Waals surface area contributed by atoms with Gasteiger partial charge in [0.15, 0.2) is 0 Å². The summed E-state index contributed by atoms with van der Waals surface area (Å²) < 4.78 is 10.2. The first-order chi connectivity index (χ1) is 9.92. The lowest BCUT2D eigenvalue weighted by atomic mass is 10.2. The van der Waals surface area contributed by atoms with Crippen LogP contribution in [0, 0.1) is 17.0 Å². The third-order valence-electron chi connectivity index (χ3n) is 2.94. The van der Waals surface area contributed by atoms with Gasteiger partial charge < -0.3 is 14.4 Å². The number of rotatable bonds is 8. The van der Waals surface area contributed by atoms with Gasteiger partial charge in [-0.2, -0.15) is 4.98 Å². The maximum atomic E-state index is 11.3. The van der Waals surface area contributed by atoms with Gasteiger partial charge in [0.2, 0.25) is 11.1 Å². The average molecular weight is 319 g/mol. The highest BCUT2D eigenvalue weighted by Crippen LogP contribution is 2.30. The van der Waals surface area contributed by atoms with Gasteiger partial charge in [-0.25, -0.2) is 4.98 Å². The summed E-state index contributed by atoms with van der Waals surface area (Å²) in [4.78, 5) is 20.4. The first-order valence-electron chi connectivity index (χ1n) is 6.35. The minimum atomic E-state index is -0.500. The summed E-state index contributed by atoms with van der Waals surface area (Å²) in [5, 5.41) is 11.3. The van der Waals surface area contributed by atoms with E-state index < -0.39 is 4.92 Å². The Hall–Kier alpha value is -1.51. The number of hydrogen-bond donors (Lipinski definition) is 0. The SMILES string of the molecule is COCCN(c1nc(Cl)nc(C)c1[N+](=O)[O-])C(C)COC. The molecular formula is C12H19ClN4O4. The number of aromatic nitrogens is 2. The molecule has 118 valence electrons. The summed E-state index contributed by atoms with van der Waals surface area (Å²) in [6.07, 6.45) is 0. The average Bonchev–Trinajstić information content (AvgIpc) is 2.38. The maximum Gasteiger partial charge on any atom is 0.332 e. The van der Waals surface area contributed by atoms with Gasteiger partial charge in [0.25, 0.3) is 0 Å². The highest BCUT2D eigenvalue weighted by Gasteiger charge is 2.28. The quantitative estimate of drug-likeness (QED) is 0.410. The van der Waals surface area contributed by atoms with Crippen LogP contribution in [0.25, 0.3) is 0 Å². The predicted octanol–water partition coefficient (Wildman–Crippen LogP) is 1.83. The molecule has 21 heavy (non-hydrogen) atoms. The number of nitrogens with zero attached hydrogens (tertiary/aromatic N) is 4. The van der Waals surface area contributed by atoms with E-state index in [1.54, 1.807) is 19.1 Å². The Bertz CT molecular complexity index is 500. The molecule has 0 aliphatic rings. The van der Waals surface area contributed by atoms with Gasteiger partial charge in [0.05, 0.1) is 24.2 Å². The van der Waals surface area contributed by atoms with E-state index in [9.17, 15) is 10.1 Å². The predicted molar refractivity (Wildman–Crippen MR) is 79.0 cm³/mol. The second-order valence-electron chi connectivity index (χ2n) is 4.50. The summed E-state index contributed by atoms with van der Waals surface area (Å²) in [6, 6.07) is -0.130. The Morgan fingerprint density at radius 1 is 1.38 bits per heavy atom. The molecule has 8 nitrogen and oxygen atoms in total. The van der Waals surface area contributed by atoms with E-state index in [0.717, 1.165) is 0 Å². The number of anilines is 1. The van der Waals surface area contributed by atoms with Crippen molar-refractivity contribution < 1.29 is 14.4 Å². The van der Waals surface area contributed by atoms with E-state index in [4.69, 9.17) is 21.1 Å². The third kappa shape index (κ3) is 4.48. The Morgan fingerprint density at radius 3 is 2.57 bits per heavy atom. The number of hydrogen-bond acceptors (Lipinski definition) is 7. The topological polar surface area (TPSA) is 90.6 Å². The molecule has 0 N–H and O–H groups in total. The van der Waals surface area contributed by atoms with Crippen LogP contribution in [0.15, 0.2) is 0 Å². The zero-order chi connectivity index (χ0) is 16.0. The lowest BCUT2D eigenvalue weighted by Gasteiger charge is -2.29. The minimum Gasteiger partial charge on any atom is -0.383 e. The van der Waals surface area contributed by atoms with Gasteiger partial charge >= 0.3 is 5.69 Å². The van der Waals surface area contributed by atoms with Crippen LogP contribution in [0.5, 0.6) is 0 Å². The molecule has 1 aromatic heterocycles. The number of aryl methyl sites for hydroxylation is 1. The molecule has 1 heterocycles. The van der Waals surface area contributed by atoms with Crippen molar-refractivity contribution in [3.63, 3.8) is 0 Å². The lowest BCUT2D eigenvalue weighted by molar-refractivity contribution is -0.385. The van der Waals surface area contributed by atoms with Gasteiger partial charge in [-0.15, -0.1) is 0 Å². The molecular weight excluding hydrogens is 300 g/mol. The molecule has 0 aromatic carbocycles. The monoisotopic (exact) mass is 318 g/mol. The van der Waals surface area contributed by atoms with Crippen LogP contribution in [-0.2, 0) is 9.47 Å². The van der Waals surface area contributed by atoms with Crippen LogP contribution >= 0.6 is 11.6 Å². The maximum absolute atomic E-state index is 11.3. The molecule has 0 aliphatic heterocycles. The zero-order valence-electron chi connectivity index (χ0n) is 12.5. The molecule has 0 aliphatic carbocycles. The Balaban J connectivity index is 3.30. The highest BCUT2D eigenvalue weighted by molar-refractivity contribution is 6.28. The van der Waals surface area contributed by atoms with Crippen molar-refractivity contribution in [1.82, 2.24) is 9.97 Å². The van der Waals surface area contributed by atoms with Crippen molar-refractivity contribution in [3.05, 3.63) is 21.1 Å². The van der Waals surface area contributed by atoms with E-state index in [2.05, 4.69) is 9.97 Å². The molecule has 1 atom stereocenters. The van der Waals surface area contributed by atoms with Crippen molar-refractivity contribution in [2.24, 2.45) is 0 Å². The van der Waals surface area contributed by atoms with Gasteiger partial charge in [-0.3, -0.25) is 10.1 Å². The molecule has 0 radical (unpaired) electrons. The van der Waals surface area contributed by atoms with Gasteiger partial charge in [-0.05, 0) is 25.4 Å². The number of ether oxygens (including phenoxy) is 2. The van der Waals surface area contributed by atoms with E-state index in [0.29, 0.717) is 19.8 Å². The van der Waals surface area contributed by atoms with Crippen molar-refractivity contribution in [2.75, 3.05) is 38.9 Å². The smallest absolute Gasteiger partial charge is 0.332 e. The van der Waals surface area contributed by atoms with Crippen LogP contribution in [0.3, 0.4) is 0 Å². The summed E-state index contributed by atoms with van der Waals surface area (Å²) in [5.74, 6) is 0.180. The summed E-state index contributed by atoms with van der Waals surface area (Å²) in [7, 11) is 3.13. The largest absolute Gasteiger partial charge is 0.383 e. The summed E-state index contributed by atoms with van der Waals surface area (Å²) >= 11 is 5.85. The van der Waals surface area contributed by atoms with Crippen LogP contribution in [0.1, 0.15) is 12.6 Å². The molecule has 1 rings (SSSR count). The molecule has 0 bridgehead atoms. The van der Waals surface area contributed by atoms with Gasteiger partial charge in [0.1, 0.15) is 5.69 Å². The molecule has 0 spiro atoms. The van der Waals surface area contributed by atoms with Crippen LogP contribution in [0.2, 0.25) is 5.28 Å². The number of nitro groups is 1. The van der Waals surface area contributed by atoms with Crippen molar-refractivity contribution >= 4 is 23.1 Å². The summed E-state index contributed by atoms with van der Waals surface area (Å²) in [6.45, 7) is 4.63. The molecule has 0 amide bonds. The van der Waals surface area contributed by atoms with E-state index in [1.165, 1.54) is 6.92 Å². The Morgan fingerprint density at radius 2 is 2.05 bits per heavy atom. The third-order valence-corrected chi connectivity index (χ3v) is 3.11. The minimum absolute atomic E-state index is 0.0277. The van der Waals surface area contributed by atoms with Crippen molar-refractivity contribution in [1.29, 1.82) is 0 Å². The second-order valence-corrected chi connectivity index (χ2v) is 4.84. The highest BCUT2D eigenvalue weighted by atomic mass is 35.5. The Labute approximate surface area is 128 Å². The molecule has 0 fully saturated rings. The fourth-order valence-corrected chi connectivity index (χ4v) is 2.20. The molecule has 0 saturated heterocycles. The zero-order valence-corrected chi connectivity index (χ0v) is 13.3. The summed E-state index contributed by atoms with van der Waals surface area (Å²) in [5.41, 5.74) is 0.0699. The normalized spacial score (nSPS) is 12.2. The molecule has 1 aromatic rings. The first-order valence-corrected chi connectivity index (χ1v) is 6.73. The van der Waals surface area contributed by atoms with E-state index >= 15 is 0 Å². The second kappa shape index (κ2) is 8.06. The first kappa shape index (κ1) is 17.5. The molecule has 9 heteroatoms. The fraction of sp³-hybridized carbons (Fsp3) is 0.667. The van der Waals surface area contributed by atoms with E-state index in [1.807, 2.05) is 6.92 Å². The van der Waals surface area contributed by atoms with Crippen molar-refractivity contribution in [2.45, 2.75) is 19.9 Å². The van der Waals surface area contributed by atoms with Gasteiger partial charge in [-0.1, -0.05) is 0 Å². The van der Waals surface area contributed by atoms with Gasteiger partial charge in [0, 0.05) is 20.8 Å². The fourth-order valence-electron chi connectivity index (χ4n) is 1.99. The molecule has 0 saturated carbocycles. The molecule has 1 unspecified atom stereocenters. The number of methoxy groups -OCH3 is 2. The Kier molecular flexibility index (Phi) is 6.73. The van der Waals surface area contributed by atoms with Crippen LogP contribution in [-0.4, -0.2) is 54.9 Å². The van der Waals surface area contributed by atoms with Crippen LogP contribution in [0.4, 0.5) is 11.5 Å². The van der Waals surface area contributed by atoms with Crippen LogP contribution < -0.4 is 4.90 Å². The lowest BCUT2D eigenvalue weighted by Crippen LogP contribution is -2.39. The van der Waals surface area contributed by atoms with Crippen molar-refractivity contribution in [3.8, 4) is 0 Å². The van der Waals surface area contributed by atoms with E-state index in [-0.39, 0.29) is 28.5 Å². The number of halogens is 1. The standard InChI is InChI=1S/C12H19ClN4O4/c1-8(7-21-4)16(5-6-20-3)11-10(17(18)19)9(2)14-12(13)15-11/h8H,5-7H2,1-4H3.